The zero-order valence-corrected chi connectivity index (χ0v) is 12.4. The van der Waals surface area contributed by atoms with Crippen LogP contribution < -0.4 is 0 Å². The Hall–Kier alpha value is -1.66. The summed E-state index contributed by atoms with van der Waals surface area (Å²) in [6, 6.07) is 6.88. The Morgan fingerprint density at radius 2 is 2.24 bits per heavy atom. The molecule has 0 radical (unpaired) electrons. The Bertz CT molecular complexity index is 705. The second-order valence-corrected chi connectivity index (χ2v) is 6.87. The van der Waals surface area contributed by atoms with Crippen LogP contribution in [0.15, 0.2) is 28.7 Å². The minimum atomic E-state index is -1.09. The lowest BCUT2D eigenvalue weighted by Gasteiger charge is -2.13. The summed E-state index contributed by atoms with van der Waals surface area (Å²) in [6.07, 6.45) is 0.854. The Kier molecular flexibility index (Phi) is 3.82. The van der Waals surface area contributed by atoms with Gasteiger partial charge in [0.1, 0.15) is 5.58 Å². The van der Waals surface area contributed by atoms with Crippen LogP contribution in [0.1, 0.15) is 29.5 Å². The summed E-state index contributed by atoms with van der Waals surface area (Å²) in [5.74, 6) is -0.726. The van der Waals surface area contributed by atoms with Gasteiger partial charge in [-0.1, -0.05) is 6.07 Å². The number of fused-ring (bicyclic) bond motifs is 1. The lowest BCUT2D eigenvalue weighted by atomic mass is 10.2. The normalized spacial score (nSPS) is 23.5. The van der Waals surface area contributed by atoms with E-state index in [9.17, 15) is 9.00 Å². The molecule has 1 aromatic carbocycles. The molecule has 1 saturated heterocycles. The van der Waals surface area contributed by atoms with Gasteiger partial charge in [-0.3, -0.25) is 4.21 Å². The predicted molar refractivity (Wildman–Crippen MR) is 78.8 cm³/mol. The van der Waals surface area contributed by atoms with E-state index >= 15 is 0 Å². The maximum atomic E-state index is 12.4. The first kappa shape index (κ1) is 14.3. The molecular weight excluding hydrogens is 292 g/mol. The van der Waals surface area contributed by atoms with Gasteiger partial charge in [0, 0.05) is 28.5 Å². The van der Waals surface area contributed by atoms with Crippen molar-refractivity contribution in [2.24, 2.45) is 0 Å². The topological polar surface area (TPSA) is 76.7 Å². The molecule has 0 spiro atoms. The highest BCUT2D eigenvalue weighted by Crippen LogP contribution is 2.24. The van der Waals surface area contributed by atoms with Crippen LogP contribution in [0, 0.1) is 0 Å². The van der Waals surface area contributed by atoms with Crippen LogP contribution in [-0.4, -0.2) is 33.2 Å². The van der Waals surface area contributed by atoms with Crippen LogP contribution in [0.25, 0.3) is 11.0 Å². The van der Waals surface area contributed by atoms with Gasteiger partial charge in [-0.05, 0) is 37.1 Å². The molecule has 1 aromatic heterocycles. The molecule has 112 valence electrons. The Morgan fingerprint density at radius 1 is 1.43 bits per heavy atom. The smallest absolute Gasteiger partial charge is 0.371 e. The molecule has 2 heterocycles. The third-order valence-corrected chi connectivity index (χ3v) is 5.66. The van der Waals surface area contributed by atoms with Crippen LogP contribution in [0.2, 0.25) is 0 Å². The standard InChI is InChI=1S/C15H16O5S/c1-9-14(4-5-19-9)21(18)8-10-2-3-12-11(6-10)7-13(20-12)15(16)17/h2-3,6-7,9,14H,4-5,8H2,1H3,(H,16,17). The van der Waals surface area contributed by atoms with Gasteiger partial charge in [-0.15, -0.1) is 0 Å². The summed E-state index contributed by atoms with van der Waals surface area (Å²) in [5.41, 5.74) is 1.44. The maximum Gasteiger partial charge on any atom is 0.371 e. The third-order valence-electron chi connectivity index (χ3n) is 3.74. The van der Waals surface area contributed by atoms with Crippen molar-refractivity contribution in [2.45, 2.75) is 30.5 Å². The van der Waals surface area contributed by atoms with Crippen molar-refractivity contribution in [2.75, 3.05) is 6.61 Å². The molecule has 1 aliphatic rings. The highest BCUT2D eigenvalue weighted by atomic mass is 32.2. The van der Waals surface area contributed by atoms with Gasteiger partial charge in [0.15, 0.2) is 0 Å². The number of carboxylic acids is 1. The van der Waals surface area contributed by atoms with Crippen molar-refractivity contribution in [3.63, 3.8) is 0 Å². The summed E-state index contributed by atoms with van der Waals surface area (Å²) in [7, 11) is -0.993. The Morgan fingerprint density at radius 3 is 2.90 bits per heavy atom. The highest BCUT2D eigenvalue weighted by Gasteiger charge is 2.29. The molecule has 3 rings (SSSR count). The van der Waals surface area contributed by atoms with Crippen LogP contribution >= 0.6 is 0 Å². The zero-order chi connectivity index (χ0) is 15.0. The van der Waals surface area contributed by atoms with E-state index in [4.69, 9.17) is 14.3 Å². The number of ether oxygens (including phenoxy) is 1. The number of furan rings is 1. The summed E-state index contributed by atoms with van der Waals surface area (Å²) >= 11 is 0. The summed E-state index contributed by atoms with van der Waals surface area (Å²) < 4.78 is 23.0. The van der Waals surface area contributed by atoms with E-state index in [2.05, 4.69) is 0 Å². The average Bonchev–Trinajstić information content (AvgIpc) is 3.04. The van der Waals surface area contributed by atoms with Crippen LogP contribution in [0.5, 0.6) is 0 Å². The van der Waals surface area contributed by atoms with Gasteiger partial charge in [0.25, 0.3) is 0 Å². The van der Waals surface area contributed by atoms with Gasteiger partial charge < -0.3 is 14.3 Å². The molecule has 5 nitrogen and oxygen atoms in total. The van der Waals surface area contributed by atoms with Crippen molar-refractivity contribution >= 4 is 27.7 Å². The second-order valence-electron chi connectivity index (χ2n) is 5.22. The Balaban J connectivity index is 1.81. The predicted octanol–water partition coefficient (Wildman–Crippen LogP) is 2.56. The molecule has 1 aliphatic heterocycles. The number of rotatable bonds is 4. The largest absolute Gasteiger partial charge is 0.475 e. The fraction of sp³-hybridized carbons (Fsp3) is 0.400. The molecule has 1 N–H and O–H groups in total. The number of hydrogen-bond acceptors (Lipinski definition) is 4. The summed E-state index contributed by atoms with van der Waals surface area (Å²) in [5, 5.41) is 9.71. The van der Waals surface area contributed by atoms with Crippen molar-refractivity contribution in [1.82, 2.24) is 0 Å². The van der Waals surface area contributed by atoms with Crippen LogP contribution in [0.3, 0.4) is 0 Å². The van der Waals surface area contributed by atoms with E-state index in [0.717, 1.165) is 17.4 Å². The van der Waals surface area contributed by atoms with Crippen molar-refractivity contribution in [3.05, 3.63) is 35.6 Å². The van der Waals surface area contributed by atoms with E-state index in [1.165, 1.54) is 6.07 Å². The lowest BCUT2D eigenvalue weighted by molar-refractivity contribution is 0.0665. The molecule has 1 fully saturated rings. The van der Waals surface area contributed by atoms with E-state index in [-0.39, 0.29) is 17.1 Å². The highest BCUT2D eigenvalue weighted by molar-refractivity contribution is 7.84. The van der Waals surface area contributed by atoms with Crippen LogP contribution in [0.4, 0.5) is 0 Å². The van der Waals surface area contributed by atoms with Crippen LogP contribution in [-0.2, 0) is 21.3 Å². The first-order chi connectivity index (χ1) is 10.0. The monoisotopic (exact) mass is 308 g/mol. The molecule has 21 heavy (non-hydrogen) atoms. The van der Waals surface area contributed by atoms with Gasteiger partial charge in [0.05, 0.1) is 11.4 Å². The molecular formula is C15H16O5S. The molecule has 6 heteroatoms. The number of benzene rings is 1. The first-order valence-corrected chi connectivity index (χ1v) is 8.17. The van der Waals surface area contributed by atoms with Gasteiger partial charge in [-0.25, -0.2) is 4.79 Å². The lowest BCUT2D eigenvalue weighted by Crippen LogP contribution is -2.24. The fourth-order valence-electron chi connectivity index (χ4n) is 2.62. The van der Waals surface area contributed by atoms with Crippen molar-refractivity contribution < 1.29 is 23.3 Å². The molecule has 0 saturated carbocycles. The number of carbonyl (C=O) groups is 1. The third kappa shape index (κ3) is 2.87. The minimum absolute atomic E-state index is 0.0297. The van der Waals surface area contributed by atoms with Gasteiger partial charge >= 0.3 is 5.97 Å². The Labute approximate surface area is 124 Å². The fourth-order valence-corrected chi connectivity index (χ4v) is 4.20. The molecule has 0 bridgehead atoms. The van der Waals surface area contributed by atoms with Gasteiger partial charge in [0.2, 0.25) is 5.76 Å². The zero-order valence-electron chi connectivity index (χ0n) is 11.6. The number of hydrogen-bond donors (Lipinski definition) is 1. The van der Waals surface area contributed by atoms with E-state index in [0.29, 0.717) is 17.9 Å². The first-order valence-electron chi connectivity index (χ1n) is 6.79. The molecule has 2 aromatic rings. The minimum Gasteiger partial charge on any atom is -0.475 e. The average molecular weight is 308 g/mol. The van der Waals surface area contributed by atoms with Gasteiger partial charge in [-0.2, -0.15) is 0 Å². The maximum absolute atomic E-state index is 12.4. The summed E-state index contributed by atoms with van der Waals surface area (Å²) in [4.78, 5) is 10.9. The summed E-state index contributed by atoms with van der Waals surface area (Å²) in [6.45, 7) is 2.62. The van der Waals surface area contributed by atoms with Crippen molar-refractivity contribution in [3.8, 4) is 0 Å². The molecule has 0 aliphatic carbocycles. The van der Waals surface area contributed by atoms with Crippen molar-refractivity contribution in [1.29, 1.82) is 0 Å². The van der Waals surface area contributed by atoms with E-state index < -0.39 is 16.8 Å². The number of aromatic carboxylic acids is 1. The SMILES string of the molecule is CC1OCCC1S(=O)Cc1ccc2oc(C(=O)O)cc2c1. The quantitative estimate of drug-likeness (QED) is 0.939. The number of carboxylic acid groups (broad SMARTS) is 1. The molecule has 3 atom stereocenters. The van der Waals surface area contributed by atoms with E-state index in [1.54, 1.807) is 6.07 Å². The molecule has 0 amide bonds. The molecule has 3 unspecified atom stereocenters. The second kappa shape index (κ2) is 5.61. The van der Waals surface area contributed by atoms with E-state index in [1.807, 2.05) is 19.1 Å².